The van der Waals surface area contributed by atoms with Crippen LogP contribution in [0, 0.1) is 5.41 Å². The summed E-state index contributed by atoms with van der Waals surface area (Å²) in [4.78, 5) is 12.1. The lowest BCUT2D eigenvalue weighted by atomic mass is 9.76. The molecule has 0 amide bonds. The van der Waals surface area contributed by atoms with Crippen LogP contribution in [0.4, 0.5) is 0 Å². The average molecular weight is 200 g/mol. The van der Waals surface area contributed by atoms with Crippen molar-refractivity contribution in [3.8, 4) is 0 Å². The van der Waals surface area contributed by atoms with Gasteiger partial charge in [0.1, 0.15) is 5.60 Å². The quantitative estimate of drug-likeness (QED) is 0.698. The summed E-state index contributed by atoms with van der Waals surface area (Å²) in [6.45, 7) is 7.82. The summed E-state index contributed by atoms with van der Waals surface area (Å²) in [6, 6.07) is 0. The topological polar surface area (TPSA) is 46.5 Å². The second-order valence-corrected chi connectivity index (χ2v) is 5.19. The summed E-state index contributed by atoms with van der Waals surface area (Å²) in [5, 5.41) is 9.82. The lowest BCUT2D eigenvalue weighted by Gasteiger charge is -2.40. The molecule has 3 nitrogen and oxygen atoms in total. The van der Waals surface area contributed by atoms with Gasteiger partial charge in [0.15, 0.2) is 5.78 Å². The molecule has 0 saturated carbocycles. The Morgan fingerprint density at radius 2 is 2.07 bits per heavy atom. The first kappa shape index (κ1) is 11.7. The van der Waals surface area contributed by atoms with Crippen molar-refractivity contribution < 1.29 is 14.6 Å². The van der Waals surface area contributed by atoms with Gasteiger partial charge in [0.25, 0.3) is 0 Å². The van der Waals surface area contributed by atoms with Crippen molar-refractivity contribution in [1.29, 1.82) is 0 Å². The van der Waals surface area contributed by atoms with Crippen LogP contribution in [-0.2, 0) is 9.53 Å². The second kappa shape index (κ2) is 3.63. The molecule has 1 N–H and O–H groups in total. The number of aliphatic hydroxyl groups excluding tert-OH is 1. The SMILES string of the molecule is CC(C)(C)C(=O)[C@]1(C)OCCC[C@@H]1O. The first-order valence-corrected chi connectivity index (χ1v) is 5.15. The van der Waals surface area contributed by atoms with Crippen LogP contribution >= 0.6 is 0 Å². The number of ketones is 1. The van der Waals surface area contributed by atoms with E-state index in [0.29, 0.717) is 13.0 Å². The molecule has 0 spiro atoms. The Kier molecular flexibility index (Phi) is 3.02. The molecule has 1 saturated heterocycles. The van der Waals surface area contributed by atoms with Gasteiger partial charge in [-0.3, -0.25) is 4.79 Å². The Morgan fingerprint density at radius 1 is 1.50 bits per heavy atom. The van der Waals surface area contributed by atoms with Crippen LogP contribution in [-0.4, -0.2) is 29.2 Å². The summed E-state index contributed by atoms with van der Waals surface area (Å²) in [5.74, 6) is -0.0165. The molecule has 1 fully saturated rings. The lowest BCUT2D eigenvalue weighted by Crippen LogP contribution is -2.55. The number of ether oxygens (including phenoxy) is 1. The number of aliphatic hydroxyl groups is 1. The highest BCUT2D eigenvalue weighted by Gasteiger charge is 2.47. The van der Waals surface area contributed by atoms with Crippen LogP contribution in [0.1, 0.15) is 40.5 Å². The first-order chi connectivity index (χ1) is 6.28. The molecular weight excluding hydrogens is 180 g/mol. The third-order valence-electron chi connectivity index (χ3n) is 2.79. The van der Waals surface area contributed by atoms with E-state index in [2.05, 4.69) is 0 Å². The molecule has 0 radical (unpaired) electrons. The number of hydrogen-bond donors (Lipinski definition) is 1. The molecule has 0 aromatic carbocycles. The Labute approximate surface area is 85.5 Å². The van der Waals surface area contributed by atoms with Gasteiger partial charge in [0, 0.05) is 12.0 Å². The smallest absolute Gasteiger partial charge is 0.172 e. The molecule has 1 rings (SSSR count). The highest BCUT2D eigenvalue weighted by molar-refractivity contribution is 5.92. The first-order valence-electron chi connectivity index (χ1n) is 5.15. The van der Waals surface area contributed by atoms with Crippen LogP contribution in [0.2, 0.25) is 0 Å². The number of hydrogen-bond acceptors (Lipinski definition) is 3. The van der Waals surface area contributed by atoms with E-state index in [0.717, 1.165) is 6.42 Å². The zero-order valence-electron chi connectivity index (χ0n) is 9.46. The van der Waals surface area contributed by atoms with Gasteiger partial charge in [-0.2, -0.15) is 0 Å². The third-order valence-corrected chi connectivity index (χ3v) is 2.79. The van der Waals surface area contributed by atoms with Crippen molar-refractivity contribution in [3.05, 3.63) is 0 Å². The van der Waals surface area contributed by atoms with Crippen molar-refractivity contribution in [3.63, 3.8) is 0 Å². The summed E-state index contributed by atoms with van der Waals surface area (Å²) >= 11 is 0. The minimum atomic E-state index is -1.00. The zero-order valence-corrected chi connectivity index (χ0v) is 9.46. The van der Waals surface area contributed by atoms with Gasteiger partial charge >= 0.3 is 0 Å². The fraction of sp³-hybridized carbons (Fsp3) is 0.909. The molecule has 1 aliphatic rings. The van der Waals surface area contributed by atoms with Gasteiger partial charge in [-0.15, -0.1) is 0 Å². The molecule has 0 aromatic heterocycles. The Bertz CT molecular complexity index is 229. The molecule has 3 heteroatoms. The normalized spacial score (nSPS) is 34.2. The van der Waals surface area contributed by atoms with E-state index < -0.39 is 17.1 Å². The molecule has 1 heterocycles. The Balaban J connectivity index is 2.87. The van der Waals surface area contributed by atoms with Gasteiger partial charge in [0.2, 0.25) is 0 Å². The molecule has 0 aliphatic carbocycles. The van der Waals surface area contributed by atoms with Crippen LogP contribution in [0.15, 0.2) is 0 Å². The van der Waals surface area contributed by atoms with Gasteiger partial charge in [-0.05, 0) is 19.8 Å². The van der Waals surface area contributed by atoms with Gasteiger partial charge in [-0.25, -0.2) is 0 Å². The van der Waals surface area contributed by atoms with Crippen molar-refractivity contribution in [2.24, 2.45) is 5.41 Å². The maximum atomic E-state index is 12.1. The highest BCUT2D eigenvalue weighted by Crippen LogP contribution is 2.32. The summed E-state index contributed by atoms with van der Waals surface area (Å²) in [6.07, 6.45) is 0.815. The molecule has 0 bridgehead atoms. The van der Waals surface area contributed by atoms with Crippen LogP contribution in [0.5, 0.6) is 0 Å². The average Bonchev–Trinajstić information content (AvgIpc) is 2.07. The maximum absolute atomic E-state index is 12.1. The van der Waals surface area contributed by atoms with Gasteiger partial charge < -0.3 is 9.84 Å². The van der Waals surface area contributed by atoms with Crippen molar-refractivity contribution in [2.45, 2.75) is 52.2 Å². The predicted octanol–water partition coefficient (Wildman–Crippen LogP) is 1.53. The second-order valence-electron chi connectivity index (χ2n) is 5.19. The Morgan fingerprint density at radius 3 is 2.50 bits per heavy atom. The molecule has 0 aromatic rings. The molecule has 1 aliphatic heterocycles. The molecular formula is C11H20O3. The number of carbonyl (C=O) groups excluding carboxylic acids is 1. The third kappa shape index (κ3) is 1.98. The maximum Gasteiger partial charge on any atom is 0.172 e. The Hall–Kier alpha value is -0.410. The fourth-order valence-corrected chi connectivity index (χ4v) is 1.89. The number of rotatable bonds is 1. The predicted molar refractivity (Wildman–Crippen MR) is 54.1 cm³/mol. The lowest BCUT2D eigenvalue weighted by molar-refractivity contribution is -0.177. The van der Waals surface area contributed by atoms with E-state index in [-0.39, 0.29) is 5.78 Å². The summed E-state index contributed by atoms with van der Waals surface area (Å²) in [5.41, 5.74) is -1.47. The van der Waals surface area contributed by atoms with Gasteiger partial charge in [0.05, 0.1) is 6.10 Å². The van der Waals surface area contributed by atoms with Crippen LogP contribution in [0.3, 0.4) is 0 Å². The van der Waals surface area contributed by atoms with Crippen molar-refractivity contribution in [1.82, 2.24) is 0 Å². The minimum absolute atomic E-state index is 0.0165. The summed E-state index contributed by atoms with van der Waals surface area (Å²) in [7, 11) is 0. The summed E-state index contributed by atoms with van der Waals surface area (Å²) < 4.78 is 5.47. The molecule has 82 valence electrons. The zero-order chi connectivity index (χ0) is 11.0. The standard InChI is InChI=1S/C11H20O3/c1-10(2,3)9(13)11(4)8(12)6-5-7-14-11/h8,12H,5-7H2,1-4H3/t8-,11+/m0/s1. The van der Waals surface area contributed by atoms with Gasteiger partial charge in [-0.1, -0.05) is 20.8 Å². The van der Waals surface area contributed by atoms with E-state index in [4.69, 9.17) is 4.74 Å². The molecule has 14 heavy (non-hydrogen) atoms. The van der Waals surface area contributed by atoms with E-state index in [1.807, 2.05) is 20.8 Å². The van der Waals surface area contributed by atoms with Crippen LogP contribution < -0.4 is 0 Å². The van der Waals surface area contributed by atoms with Crippen molar-refractivity contribution >= 4 is 5.78 Å². The van der Waals surface area contributed by atoms with Crippen molar-refractivity contribution in [2.75, 3.05) is 6.61 Å². The molecule has 0 unspecified atom stereocenters. The number of carbonyl (C=O) groups is 1. The largest absolute Gasteiger partial charge is 0.390 e. The monoisotopic (exact) mass is 200 g/mol. The van der Waals surface area contributed by atoms with E-state index >= 15 is 0 Å². The highest BCUT2D eigenvalue weighted by atomic mass is 16.5. The molecule has 2 atom stereocenters. The van der Waals surface area contributed by atoms with E-state index in [1.54, 1.807) is 6.92 Å². The van der Waals surface area contributed by atoms with Crippen LogP contribution in [0.25, 0.3) is 0 Å². The minimum Gasteiger partial charge on any atom is -0.390 e. The fourth-order valence-electron chi connectivity index (χ4n) is 1.89. The van der Waals surface area contributed by atoms with E-state index in [1.165, 1.54) is 0 Å². The van der Waals surface area contributed by atoms with E-state index in [9.17, 15) is 9.90 Å². The number of Topliss-reactive ketones (excluding diaryl/α,β-unsaturated/α-hetero) is 1.